The zero-order valence-electron chi connectivity index (χ0n) is 17.6. The Balaban J connectivity index is 1.35. The summed E-state index contributed by atoms with van der Waals surface area (Å²) < 4.78 is 5.82. The van der Waals surface area contributed by atoms with E-state index in [0.717, 1.165) is 23.5 Å². The summed E-state index contributed by atoms with van der Waals surface area (Å²) >= 11 is 1.50. The van der Waals surface area contributed by atoms with Gasteiger partial charge in [-0.25, -0.2) is 4.98 Å². The number of benzene rings is 3. The van der Waals surface area contributed by atoms with E-state index in [1.54, 1.807) is 24.3 Å². The Morgan fingerprint density at radius 3 is 2.16 bits per heavy atom. The molecular formula is C26H24N2O2S. The number of carbonyl (C=O) groups is 1. The van der Waals surface area contributed by atoms with Crippen LogP contribution in [0.3, 0.4) is 0 Å². The summed E-state index contributed by atoms with van der Waals surface area (Å²) in [5.41, 5.74) is 4.31. The van der Waals surface area contributed by atoms with Crippen LogP contribution in [0.15, 0.2) is 79.0 Å². The predicted molar refractivity (Wildman–Crippen MR) is 126 cm³/mol. The Morgan fingerprint density at radius 1 is 0.903 bits per heavy atom. The second-order valence-corrected chi connectivity index (χ2v) is 8.49. The van der Waals surface area contributed by atoms with Crippen LogP contribution < -0.4 is 10.1 Å². The molecule has 0 aliphatic heterocycles. The SMILES string of the molecule is CCc1ccc(Cc2cnc(NC(=O)c3ccc(Oc4ccc(C)cc4)cc3)s2)cc1. The Kier molecular flexibility index (Phi) is 6.43. The standard InChI is InChI=1S/C26H24N2O2S/c1-3-19-6-8-20(9-7-19)16-24-17-27-26(31-24)28-25(29)21-10-14-23(15-11-21)30-22-12-4-18(2)5-13-22/h4-15,17H,3,16H2,1-2H3,(H,27,28,29). The molecule has 0 unspecified atom stereocenters. The number of aryl methyl sites for hydroxylation is 2. The van der Waals surface area contributed by atoms with Crippen molar-refractivity contribution in [3.63, 3.8) is 0 Å². The zero-order valence-corrected chi connectivity index (χ0v) is 18.4. The highest BCUT2D eigenvalue weighted by Gasteiger charge is 2.10. The van der Waals surface area contributed by atoms with Crippen LogP contribution in [0.2, 0.25) is 0 Å². The summed E-state index contributed by atoms with van der Waals surface area (Å²) in [4.78, 5) is 18.0. The molecule has 0 spiro atoms. The molecule has 4 aromatic rings. The summed E-state index contributed by atoms with van der Waals surface area (Å²) in [6.07, 6.45) is 3.67. The van der Waals surface area contributed by atoms with Crippen molar-refractivity contribution in [1.82, 2.24) is 4.98 Å². The van der Waals surface area contributed by atoms with Gasteiger partial charge in [-0.2, -0.15) is 0 Å². The molecule has 1 amide bonds. The number of aromatic nitrogens is 1. The first-order valence-electron chi connectivity index (χ1n) is 10.3. The van der Waals surface area contributed by atoms with Gasteiger partial charge < -0.3 is 4.74 Å². The van der Waals surface area contributed by atoms with Crippen LogP contribution >= 0.6 is 11.3 Å². The molecule has 156 valence electrons. The molecule has 0 radical (unpaired) electrons. The highest BCUT2D eigenvalue weighted by Crippen LogP contribution is 2.24. The van der Waals surface area contributed by atoms with Gasteiger partial charge in [0.2, 0.25) is 0 Å². The molecule has 1 N–H and O–H groups in total. The number of anilines is 1. The normalized spacial score (nSPS) is 10.6. The molecule has 4 nitrogen and oxygen atoms in total. The van der Waals surface area contributed by atoms with Crippen molar-refractivity contribution in [3.8, 4) is 11.5 Å². The quantitative estimate of drug-likeness (QED) is 0.358. The van der Waals surface area contributed by atoms with Gasteiger partial charge in [-0.05, 0) is 60.9 Å². The Morgan fingerprint density at radius 2 is 1.52 bits per heavy atom. The van der Waals surface area contributed by atoms with Gasteiger partial charge in [0.1, 0.15) is 11.5 Å². The number of thiazole rings is 1. The molecule has 0 atom stereocenters. The molecule has 4 rings (SSSR count). The van der Waals surface area contributed by atoms with E-state index in [2.05, 4.69) is 41.5 Å². The maximum absolute atomic E-state index is 12.6. The highest BCUT2D eigenvalue weighted by molar-refractivity contribution is 7.15. The van der Waals surface area contributed by atoms with Crippen LogP contribution in [0.25, 0.3) is 0 Å². The van der Waals surface area contributed by atoms with Gasteiger partial charge in [-0.1, -0.05) is 48.9 Å². The zero-order chi connectivity index (χ0) is 21.6. The molecule has 1 aromatic heterocycles. The summed E-state index contributed by atoms with van der Waals surface area (Å²) in [6.45, 7) is 4.18. The minimum absolute atomic E-state index is 0.185. The smallest absolute Gasteiger partial charge is 0.257 e. The van der Waals surface area contributed by atoms with Crippen LogP contribution in [-0.4, -0.2) is 10.9 Å². The van der Waals surface area contributed by atoms with E-state index in [1.165, 1.54) is 28.0 Å². The van der Waals surface area contributed by atoms with Gasteiger partial charge in [0, 0.05) is 23.1 Å². The maximum atomic E-state index is 12.6. The second-order valence-electron chi connectivity index (χ2n) is 7.37. The maximum Gasteiger partial charge on any atom is 0.257 e. The number of hydrogen-bond acceptors (Lipinski definition) is 4. The Bertz CT molecular complexity index is 1150. The second kappa shape index (κ2) is 9.58. The van der Waals surface area contributed by atoms with E-state index < -0.39 is 0 Å². The molecule has 1 heterocycles. The lowest BCUT2D eigenvalue weighted by Crippen LogP contribution is -2.11. The third-order valence-corrected chi connectivity index (χ3v) is 5.87. The van der Waals surface area contributed by atoms with Gasteiger partial charge in [-0.15, -0.1) is 11.3 Å². The number of carbonyl (C=O) groups excluding carboxylic acids is 1. The molecule has 5 heteroatoms. The van der Waals surface area contributed by atoms with Gasteiger partial charge in [0.25, 0.3) is 5.91 Å². The fourth-order valence-electron chi connectivity index (χ4n) is 3.13. The van der Waals surface area contributed by atoms with E-state index in [-0.39, 0.29) is 5.91 Å². The van der Waals surface area contributed by atoms with E-state index >= 15 is 0 Å². The first-order chi connectivity index (χ1) is 15.1. The molecule has 0 bridgehead atoms. The van der Waals surface area contributed by atoms with Gasteiger partial charge in [0.05, 0.1) is 0 Å². The van der Waals surface area contributed by atoms with Gasteiger partial charge >= 0.3 is 0 Å². The van der Waals surface area contributed by atoms with Crippen molar-refractivity contribution in [2.24, 2.45) is 0 Å². The number of nitrogens with one attached hydrogen (secondary N) is 1. The lowest BCUT2D eigenvalue weighted by Gasteiger charge is -2.07. The van der Waals surface area contributed by atoms with E-state index in [4.69, 9.17) is 4.74 Å². The van der Waals surface area contributed by atoms with E-state index in [1.807, 2.05) is 37.4 Å². The molecule has 0 aliphatic rings. The summed E-state index contributed by atoms with van der Waals surface area (Å²) in [5.74, 6) is 1.27. The number of amides is 1. The summed E-state index contributed by atoms with van der Waals surface area (Å²) in [5, 5.41) is 3.49. The minimum Gasteiger partial charge on any atom is -0.457 e. The van der Waals surface area contributed by atoms with E-state index in [0.29, 0.717) is 16.4 Å². The number of rotatable bonds is 7. The number of nitrogens with zero attached hydrogens (tertiary/aromatic N) is 1. The molecule has 3 aromatic carbocycles. The molecular weight excluding hydrogens is 404 g/mol. The fourth-order valence-corrected chi connectivity index (χ4v) is 3.97. The van der Waals surface area contributed by atoms with Crippen molar-refractivity contribution in [3.05, 3.63) is 106 Å². The highest BCUT2D eigenvalue weighted by atomic mass is 32.1. The van der Waals surface area contributed by atoms with Crippen molar-refractivity contribution in [2.45, 2.75) is 26.7 Å². The monoisotopic (exact) mass is 428 g/mol. The molecule has 0 saturated carbocycles. The minimum atomic E-state index is -0.185. The van der Waals surface area contributed by atoms with E-state index in [9.17, 15) is 4.79 Å². The van der Waals surface area contributed by atoms with Crippen LogP contribution in [0.4, 0.5) is 5.13 Å². The van der Waals surface area contributed by atoms with Crippen molar-refractivity contribution < 1.29 is 9.53 Å². The lowest BCUT2D eigenvalue weighted by molar-refractivity contribution is 0.102. The topological polar surface area (TPSA) is 51.2 Å². The third-order valence-electron chi connectivity index (χ3n) is 4.96. The third kappa shape index (κ3) is 5.58. The van der Waals surface area contributed by atoms with Crippen molar-refractivity contribution in [1.29, 1.82) is 0 Å². The summed E-state index contributed by atoms with van der Waals surface area (Å²) in [7, 11) is 0. The van der Waals surface area contributed by atoms with Crippen molar-refractivity contribution in [2.75, 3.05) is 5.32 Å². The van der Waals surface area contributed by atoms with Gasteiger partial charge in [-0.3, -0.25) is 10.1 Å². The van der Waals surface area contributed by atoms with Crippen LogP contribution in [-0.2, 0) is 12.8 Å². The largest absolute Gasteiger partial charge is 0.457 e. The fraction of sp³-hybridized carbons (Fsp3) is 0.154. The van der Waals surface area contributed by atoms with Crippen LogP contribution in [0, 0.1) is 6.92 Å². The lowest BCUT2D eigenvalue weighted by atomic mass is 10.1. The van der Waals surface area contributed by atoms with Crippen molar-refractivity contribution >= 4 is 22.4 Å². The Hall–Kier alpha value is -3.44. The van der Waals surface area contributed by atoms with Gasteiger partial charge in [0.15, 0.2) is 5.13 Å². The first kappa shape index (κ1) is 20.8. The Labute approximate surface area is 186 Å². The number of ether oxygens (including phenoxy) is 1. The predicted octanol–water partition coefficient (Wildman–Crippen LogP) is 6.65. The molecule has 0 saturated heterocycles. The summed E-state index contributed by atoms with van der Waals surface area (Å²) in [6, 6.07) is 23.6. The average Bonchev–Trinajstić information content (AvgIpc) is 3.23. The van der Waals surface area contributed by atoms with Crippen LogP contribution in [0.5, 0.6) is 11.5 Å². The number of hydrogen-bond donors (Lipinski definition) is 1. The average molecular weight is 429 g/mol. The first-order valence-corrected chi connectivity index (χ1v) is 11.1. The molecule has 0 fully saturated rings. The van der Waals surface area contributed by atoms with Crippen LogP contribution in [0.1, 0.15) is 38.8 Å². The molecule has 0 aliphatic carbocycles. The molecule has 31 heavy (non-hydrogen) atoms.